The summed E-state index contributed by atoms with van der Waals surface area (Å²) in [7, 11) is 2.24. The van der Waals surface area contributed by atoms with Crippen LogP contribution >= 0.6 is 0 Å². The standard InChI is InChI=1S/C23H27N3O/c1-16-20-14-18(26-9-11-27-12-10-26)7-8-19(20)21(15-25(16)2)23-13-17-5-3-4-6-22(17)24-23/h3-8,13-14,16,21,24H,9-12,15H2,1-2H3. The molecule has 1 fully saturated rings. The highest BCUT2D eigenvalue weighted by atomic mass is 16.5. The van der Waals surface area contributed by atoms with Crippen molar-refractivity contribution in [2.24, 2.45) is 0 Å². The van der Waals surface area contributed by atoms with Gasteiger partial charge in [-0.05, 0) is 54.8 Å². The van der Waals surface area contributed by atoms with Gasteiger partial charge in [-0.15, -0.1) is 0 Å². The third kappa shape index (κ3) is 2.93. The number of likely N-dealkylation sites (N-methyl/N-ethyl adjacent to an activating group) is 1. The first kappa shape index (κ1) is 16.8. The summed E-state index contributed by atoms with van der Waals surface area (Å²) in [6.07, 6.45) is 0. The molecule has 1 N–H and O–H groups in total. The number of hydrogen-bond acceptors (Lipinski definition) is 3. The van der Waals surface area contributed by atoms with Gasteiger partial charge in [0.25, 0.3) is 0 Å². The number of nitrogens with zero attached hydrogens (tertiary/aromatic N) is 2. The lowest BCUT2D eigenvalue weighted by atomic mass is 9.84. The minimum atomic E-state index is 0.382. The Morgan fingerprint density at radius 3 is 2.63 bits per heavy atom. The van der Waals surface area contributed by atoms with Crippen molar-refractivity contribution in [3.05, 3.63) is 65.4 Å². The average Bonchev–Trinajstić information content (AvgIpc) is 3.15. The molecule has 2 unspecified atom stereocenters. The Labute approximate surface area is 160 Å². The van der Waals surface area contributed by atoms with Crippen LogP contribution in [0, 0.1) is 0 Å². The summed E-state index contributed by atoms with van der Waals surface area (Å²) in [6.45, 7) is 6.97. The number of aromatic amines is 1. The van der Waals surface area contributed by atoms with Gasteiger partial charge in [0.05, 0.1) is 13.2 Å². The van der Waals surface area contributed by atoms with E-state index in [0.717, 1.165) is 32.8 Å². The minimum absolute atomic E-state index is 0.382. The van der Waals surface area contributed by atoms with E-state index in [0.29, 0.717) is 12.0 Å². The molecule has 4 heteroatoms. The van der Waals surface area contributed by atoms with Crippen molar-refractivity contribution in [1.82, 2.24) is 9.88 Å². The molecule has 2 aromatic carbocycles. The van der Waals surface area contributed by atoms with E-state index < -0.39 is 0 Å². The van der Waals surface area contributed by atoms with Crippen LogP contribution in [-0.4, -0.2) is 49.8 Å². The van der Waals surface area contributed by atoms with Crippen molar-refractivity contribution in [3.8, 4) is 0 Å². The molecule has 0 radical (unpaired) electrons. The fourth-order valence-corrected chi connectivity index (χ4v) is 4.59. The lowest BCUT2D eigenvalue weighted by Crippen LogP contribution is -2.37. The Morgan fingerprint density at radius 1 is 1.00 bits per heavy atom. The van der Waals surface area contributed by atoms with E-state index in [1.165, 1.54) is 33.4 Å². The third-order valence-corrected chi connectivity index (χ3v) is 6.33. The van der Waals surface area contributed by atoms with Crippen LogP contribution in [0.15, 0.2) is 48.5 Å². The lowest BCUT2D eigenvalue weighted by Gasteiger charge is -2.38. The number of fused-ring (bicyclic) bond motifs is 2. The van der Waals surface area contributed by atoms with Gasteiger partial charge in [-0.3, -0.25) is 4.90 Å². The highest BCUT2D eigenvalue weighted by Crippen LogP contribution is 2.40. The number of nitrogens with one attached hydrogen (secondary N) is 1. The van der Waals surface area contributed by atoms with Gasteiger partial charge in [0.15, 0.2) is 0 Å². The third-order valence-electron chi connectivity index (χ3n) is 6.33. The molecule has 2 aliphatic heterocycles. The van der Waals surface area contributed by atoms with E-state index in [1.807, 2.05) is 0 Å². The highest BCUT2D eigenvalue weighted by Gasteiger charge is 2.31. The molecule has 2 aliphatic rings. The number of aromatic nitrogens is 1. The number of benzene rings is 2. The Bertz CT molecular complexity index is 924. The summed E-state index contributed by atoms with van der Waals surface area (Å²) in [5.74, 6) is 0.382. The van der Waals surface area contributed by atoms with Crippen LogP contribution < -0.4 is 4.90 Å². The summed E-state index contributed by atoms with van der Waals surface area (Å²) in [5.41, 5.74) is 6.78. The topological polar surface area (TPSA) is 31.5 Å². The molecule has 27 heavy (non-hydrogen) atoms. The van der Waals surface area contributed by atoms with Gasteiger partial charge in [0.1, 0.15) is 0 Å². The largest absolute Gasteiger partial charge is 0.378 e. The molecule has 0 spiro atoms. The maximum absolute atomic E-state index is 5.52. The summed E-state index contributed by atoms with van der Waals surface area (Å²) in [5, 5.41) is 1.29. The Kier molecular flexibility index (Phi) is 4.18. The van der Waals surface area contributed by atoms with Gasteiger partial charge in [-0.25, -0.2) is 0 Å². The van der Waals surface area contributed by atoms with E-state index in [9.17, 15) is 0 Å². The van der Waals surface area contributed by atoms with E-state index in [1.54, 1.807) is 0 Å². The summed E-state index contributed by atoms with van der Waals surface area (Å²) >= 11 is 0. The lowest BCUT2D eigenvalue weighted by molar-refractivity contribution is 0.122. The molecule has 4 nitrogen and oxygen atoms in total. The zero-order chi connectivity index (χ0) is 18.4. The maximum atomic E-state index is 5.52. The van der Waals surface area contributed by atoms with Crippen LogP contribution in [0.25, 0.3) is 10.9 Å². The van der Waals surface area contributed by atoms with Gasteiger partial charge in [0, 0.05) is 48.5 Å². The molecule has 0 saturated carbocycles. The molecule has 3 heterocycles. The molecule has 2 atom stereocenters. The Hall–Kier alpha value is -2.30. The second-order valence-corrected chi connectivity index (χ2v) is 7.89. The number of para-hydroxylation sites is 1. The number of H-pyrrole nitrogens is 1. The first-order chi connectivity index (χ1) is 13.2. The molecule has 0 aliphatic carbocycles. The van der Waals surface area contributed by atoms with Crippen LogP contribution in [0.4, 0.5) is 5.69 Å². The number of anilines is 1. The van der Waals surface area contributed by atoms with Crippen molar-refractivity contribution < 1.29 is 4.74 Å². The van der Waals surface area contributed by atoms with Gasteiger partial charge >= 0.3 is 0 Å². The van der Waals surface area contributed by atoms with Crippen LogP contribution in [0.2, 0.25) is 0 Å². The number of ether oxygens (including phenoxy) is 1. The summed E-state index contributed by atoms with van der Waals surface area (Å²) in [4.78, 5) is 8.59. The maximum Gasteiger partial charge on any atom is 0.0642 e. The number of hydrogen-bond donors (Lipinski definition) is 1. The van der Waals surface area contributed by atoms with Crippen molar-refractivity contribution in [3.63, 3.8) is 0 Å². The Morgan fingerprint density at radius 2 is 1.81 bits per heavy atom. The van der Waals surface area contributed by atoms with Gasteiger partial charge < -0.3 is 14.6 Å². The zero-order valence-corrected chi connectivity index (χ0v) is 16.1. The molecule has 140 valence electrons. The minimum Gasteiger partial charge on any atom is -0.378 e. The molecule has 3 aromatic rings. The Balaban J connectivity index is 1.56. The SMILES string of the molecule is CC1c2cc(N3CCOCC3)ccc2C(c2cc3ccccc3[nH]2)CN1C. The first-order valence-corrected chi connectivity index (χ1v) is 9.95. The van der Waals surface area contributed by atoms with Gasteiger partial charge in [0.2, 0.25) is 0 Å². The molecular weight excluding hydrogens is 334 g/mol. The molecular formula is C23H27N3O. The van der Waals surface area contributed by atoms with E-state index in [-0.39, 0.29) is 0 Å². The molecule has 0 bridgehead atoms. The molecule has 1 saturated heterocycles. The van der Waals surface area contributed by atoms with Crippen molar-refractivity contribution in [2.75, 3.05) is 44.8 Å². The number of morpholine rings is 1. The fourth-order valence-electron chi connectivity index (χ4n) is 4.59. The van der Waals surface area contributed by atoms with E-state index in [2.05, 4.69) is 77.3 Å². The predicted octanol–water partition coefficient (Wildman–Crippen LogP) is 4.14. The highest BCUT2D eigenvalue weighted by molar-refractivity contribution is 5.80. The second kappa shape index (κ2) is 6.70. The molecule has 1 aromatic heterocycles. The van der Waals surface area contributed by atoms with Crippen molar-refractivity contribution in [2.45, 2.75) is 18.9 Å². The van der Waals surface area contributed by atoms with E-state index >= 15 is 0 Å². The van der Waals surface area contributed by atoms with Crippen molar-refractivity contribution >= 4 is 16.6 Å². The van der Waals surface area contributed by atoms with E-state index in [4.69, 9.17) is 4.74 Å². The molecule has 0 amide bonds. The van der Waals surface area contributed by atoms with Crippen LogP contribution in [0.1, 0.15) is 35.7 Å². The van der Waals surface area contributed by atoms with Crippen molar-refractivity contribution in [1.29, 1.82) is 0 Å². The average molecular weight is 361 g/mol. The predicted molar refractivity (Wildman–Crippen MR) is 111 cm³/mol. The van der Waals surface area contributed by atoms with Crippen LogP contribution in [0.5, 0.6) is 0 Å². The summed E-state index contributed by atoms with van der Waals surface area (Å²) < 4.78 is 5.52. The van der Waals surface area contributed by atoms with Crippen LogP contribution in [-0.2, 0) is 4.74 Å². The second-order valence-electron chi connectivity index (χ2n) is 7.89. The quantitative estimate of drug-likeness (QED) is 0.744. The zero-order valence-electron chi connectivity index (χ0n) is 16.1. The first-order valence-electron chi connectivity index (χ1n) is 9.95. The monoisotopic (exact) mass is 361 g/mol. The van der Waals surface area contributed by atoms with Gasteiger partial charge in [-0.1, -0.05) is 24.3 Å². The van der Waals surface area contributed by atoms with Crippen LogP contribution in [0.3, 0.4) is 0 Å². The number of rotatable bonds is 2. The summed E-state index contributed by atoms with van der Waals surface area (Å²) in [6, 6.07) is 18.4. The smallest absolute Gasteiger partial charge is 0.0642 e. The molecule has 5 rings (SSSR count). The normalized spacial score (nSPS) is 23.6. The fraction of sp³-hybridized carbons (Fsp3) is 0.391. The van der Waals surface area contributed by atoms with Gasteiger partial charge in [-0.2, -0.15) is 0 Å².